The van der Waals surface area contributed by atoms with Crippen LogP contribution in [0.15, 0.2) is 164 Å². The number of para-hydroxylation sites is 4. The van der Waals surface area contributed by atoms with Crippen molar-refractivity contribution in [2.75, 3.05) is 0 Å². The molecule has 6 heteroatoms. The van der Waals surface area contributed by atoms with Gasteiger partial charge in [0.25, 0.3) is 6.33 Å². The standard InChI is InChI=1S/C61H56N4O.Pt/c1-40(2)41(3)43-31-32-62-58(35-43)65-54-26-14-13-23-52(54)53-30-29-49(38-57(53)65)66-48-22-17-21-47(37-48)63-39-64(56-28-16-15-27-55(56)63)59-50(42-19-11-10-12-20-42)24-18-25-51(59)44-33-45(60(4,5)6)36-46(34-44)61(7,8)9;/h10-36,40-41H,1-9H3;/q-2;/i10D,11D,12D,19D,20D,41D;. The Balaban J connectivity index is 0.00000656. The number of rotatable bonds is 9. The Morgan fingerprint density at radius 1 is 0.657 bits per heavy atom. The van der Waals surface area contributed by atoms with Crippen LogP contribution < -0.4 is 9.30 Å². The number of benzene rings is 7. The van der Waals surface area contributed by atoms with Gasteiger partial charge >= 0.3 is 0 Å². The van der Waals surface area contributed by atoms with Crippen molar-refractivity contribution in [3.05, 3.63) is 199 Å². The minimum absolute atomic E-state index is 0. The van der Waals surface area contributed by atoms with E-state index in [-0.39, 0.29) is 55.5 Å². The molecule has 1 atom stereocenters. The van der Waals surface area contributed by atoms with Gasteiger partial charge in [0.15, 0.2) is 0 Å². The fourth-order valence-corrected chi connectivity index (χ4v) is 8.69. The Morgan fingerprint density at radius 3 is 2.03 bits per heavy atom. The topological polar surface area (TPSA) is 35.9 Å². The third-order valence-electron chi connectivity index (χ3n) is 12.6. The van der Waals surface area contributed by atoms with Crippen LogP contribution in [0.5, 0.6) is 11.5 Å². The Labute approximate surface area is 418 Å². The second-order valence-electron chi connectivity index (χ2n) is 19.4. The molecule has 0 aliphatic carbocycles. The van der Waals surface area contributed by atoms with Gasteiger partial charge < -0.3 is 13.9 Å². The van der Waals surface area contributed by atoms with E-state index >= 15 is 0 Å². The number of fused-ring (bicyclic) bond motifs is 4. The number of hydrogen-bond acceptors (Lipinski definition) is 2. The van der Waals surface area contributed by atoms with E-state index in [0.717, 1.165) is 60.7 Å². The first-order chi connectivity index (χ1) is 34.1. The van der Waals surface area contributed by atoms with Crippen LogP contribution in [0.2, 0.25) is 0 Å². The smallest absolute Gasteiger partial charge is 0.268 e. The molecular weight excluding hydrogens is 1000 g/mol. The van der Waals surface area contributed by atoms with Crippen molar-refractivity contribution in [3.63, 3.8) is 0 Å². The summed E-state index contributed by atoms with van der Waals surface area (Å²) in [4.78, 5) is 4.82. The van der Waals surface area contributed by atoms with Gasteiger partial charge in [-0.15, -0.1) is 29.7 Å². The molecule has 67 heavy (non-hydrogen) atoms. The summed E-state index contributed by atoms with van der Waals surface area (Å²) in [5.74, 6) is 0.876. The Kier molecular flexibility index (Phi) is 10.3. The molecule has 10 rings (SSSR count). The third kappa shape index (κ3) is 8.67. The summed E-state index contributed by atoms with van der Waals surface area (Å²) in [5.41, 5.74) is 9.64. The normalized spacial score (nSPS) is 14.2. The van der Waals surface area contributed by atoms with Crippen LogP contribution in [0.1, 0.15) is 93.1 Å². The largest absolute Gasteiger partial charge is 0.510 e. The minimum Gasteiger partial charge on any atom is -0.510 e. The van der Waals surface area contributed by atoms with Crippen LogP contribution in [-0.4, -0.2) is 14.1 Å². The predicted molar refractivity (Wildman–Crippen MR) is 271 cm³/mol. The van der Waals surface area contributed by atoms with Gasteiger partial charge in [0.1, 0.15) is 5.82 Å². The van der Waals surface area contributed by atoms with Crippen LogP contribution in [0.25, 0.3) is 72.3 Å². The van der Waals surface area contributed by atoms with E-state index in [0.29, 0.717) is 34.3 Å². The fraction of sp³-hybridized carbons (Fsp3) is 0.213. The summed E-state index contributed by atoms with van der Waals surface area (Å²) in [6.45, 7) is 19.2. The van der Waals surface area contributed by atoms with Crippen LogP contribution in [0.3, 0.4) is 0 Å². The van der Waals surface area contributed by atoms with E-state index in [2.05, 4.69) is 109 Å². The van der Waals surface area contributed by atoms with Crippen LogP contribution in [0, 0.1) is 24.4 Å². The molecular formula is C61H56N4OPt-2. The molecule has 0 aliphatic heterocycles. The Hall–Kier alpha value is -6.55. The molecule has 1 unspecified atom stereocenters. The van der Waals surface area contributed by atoms with Crippen LogP contribution in [0.4, 0.5) is 0 Å². The SMILES string of the molecule is [2H]c1c([2H])c([2H])c(-c2cccc(-c3cc(C(C)(C)C)cc(C(C)(C)C)c3)c2-[n+]2[c-]n(-c3[c-]c(Oc4[c-]c5c(cc4)c4ccccc4n5-c4cc(C([2H])(C)C(C)C)ccn4)ccc3)c3ccccc32)c([2H])c1[2H].[Pt]. The van der Waals surface area contributed by atoms with Gasteiger partial charge in [-0.25, -0.2) is 4.98 Å². The first-order valence-electron chi connectivity index (χ1n) is 25.6. The summed E-state index contributed by atoms with van der Waals surface area (Å²) in [6.07, 6.45) is 5.42. The molecule has 0 spiro atoms. The molecule has 0 saturated heterocycles. The molecule has 0 amide bonds. The van der Waals surface area contributed by atoms with Gasteiger partial charge in [-0.05, 0) is 90.9 Å². The summed E-state index contributed by atoms with van der Waals surface area (Å²) < 4.78 is 66.0. The zero-order valence-electron chi connectivity index (χ0n) is 45.3. The first-order valence-corrected chi connectivity index (χ1v) is 22.6. The molecule has 0 N–H and O–H groups in total. The monoisotopic (exact) mass is 1060 g/mol. The zero-order valence-corrected chi connectivity index (χ0v) is 41.6. The summed E-state index contributed by atoms with van der Waals surface area (Å²) in [7, 11) is 0. The maximum atomic E-state index is 9.20. The van der Waals surface area contributed by atoms with E-state index in [9.17, 15) is 2.74 Å². The molecule has 0 bridgehead atoms. The van der Waals surface area contributed by atoms with E-state index < -0.39 is 24.0 Å². The number of nitrogens with zero attached hydrogens (tertiary/aromatic N) is 4. The number of imidazole rings is 1. The average molecular weight is 1060 g/mol. The quantitative estimate of drug-likeness (QED) is 0.107. The first kappa shape index (κ1) is 38.5. The molecule has 0 saturated carbocycles. The molecule has 5 nitrogen and oxygen atoms in total. The average Bonchev–Trinajstić information content (AvgIpc) is 3.90. The van der Waals surface area contributed by atoms with Crippen molar-refractivity contribution in [3.8, 4) is 50.9 Å². The zero-order chi connectivity index (χ0) is 51.2. The molecule has 7 aromatic carbocycles. The molecule has 0 fully saturated rings. The van der Waals surface area contributed by atoms with Crippen molar-refractivity contribution < 1.29 is 38.6 Å². The van der Waals surface area contributed by atoms with E-state index in [1.165, 1.54) is 0 Å². The summed E-state index contributed by atoms with van der Waals surface area (Å²) in [6, 6.07) is 47.3. The van der Waals surface area contributed by atoms with E-state index in [1.54, 1.807) is 6.20 Å². The van der Waals surface area contributed by atoms with Gasteiger partial charge in [-0.1, -0.05) is 177 Å². The van der Waals surface area contributed by atoms with Gasteiger partial charge in [0.05, 0.1) is 23.6 Å². The van der Waals surface area contributed by atoms with Gasteiger partial charge in [0.2, 0.25) is 0 Å². The Morgan fingerprint density at radius 2 is 1.31 bits per heavy atom. The number of hydrogen-bond donors (Lipinski definition) is 0. The molecule has 338 valence electrons. The van der Waals surface area contributed by atoms with Gasteiger partial charge in [-0.2, -0.15) is 18.2 Å². The van der Waals surface area contributed by atoms with Gasteiger partial charge in [0, 0.05) is 45.6 Å². The molecule has 0 radical (unpaired) electrons. The van der Waals surface area contributed by atoms with Crippen molar-refractivity contribution >= 4 is 32.8 Å². The van der Waals surface area contributed by atoms with Crippen LogP contribution in [-0.2, 0) is 31.9 Å². The molecule has 3 aromatic heterocycles. The minimum atomic E-state index is -0.818. The molecule has 0 aliphatic rings. The van der Waals surface area contributed by atoms with E-state index in [4.69, 9.17) is 15.2 Å². The molecule has 3 heterocycles. The maximum Gasteiger partial charge on any atom is 0.268 e. The second kappa shape index (κ2) is 17.9. The predicted octanol–water partition coefficient (Wildman–Crippen LogP) is 15.3. The number of pyridine rings is 1. The van der Waals surface area contributed by atoms with E-state index in [1.807, 2.05) is 113 Å². The van der Waals surface area contributed by atoms with Crippen molar-refractivity contribution in [1.82, 2.24) is 14.1 Å². The van der Waals surface area contributed by atoms with Crippen molar-refractivity contribution in [1.29, 1.82) is 0 Å². The number of aromatic nitrogens is 4. The van der Waals surface area contributed by atoms with Crippen LogP contribution >= 0.6 is 0 Å². The summed E-state index contributed by atoms with van der Waals surface area (Å²) >= 11 is 0. The fourth-order valence-electron chi connectivity index (χ4n) is 8.69. The summed E-state index contributed by atoms with van der Waals surface area (Å²) in [5, 5.41) is 2.03. The van der Waals surface area contributed by atoms with Crippen molar-refractivity contribution in [2.45, 2.75) is 79.0 Å². The molecule has 10 aromatic rings. The third-order valence-corrected chi connectivity index (χ3v) is 12.6. The maximum absolute atomic E-state index is 9.20. The second-order valence-corrected chi connectivity index (χ2v) is 19.4. The number of ether oxygens (including phenoxy) is 1. The van der Waals surface area contributed by atoms with Gasteiger partial charge in [-0.3, -0.25) is 4.57 Å². The van der Waals surface area contributed by atoms with Crippen molar-refractivity contribution in [2.24, 2.45) is 5.92 Å². The Bertz CT molecular complexity index is 3730.